The molecule has 0 aromatic heterocycles. The van der Waals surface area contributed by atoms with Gasteiger partial charge in [-0.3, -0.25) is 0 Å². The predicted molar refractivity (Wildman–Crippen MR) is 87.7 cm³/mol. The molecule has 4 nitrogen and oxygen atoms in total. The molecular weight excluding hydrogens is 334 g/mol. The minimum atomic E-state index is 0.539. The predicted octanol–water partition coefficient (Wildman–Crippen LogP) is 3.96. The van der Waals surface area contributed by atoms with E-state index in [-0.39, 0.29) is 0 Å². The van der Waals surface area contributed by atoms with Gasteiger partial charge in [-0.05, 0) is 28.1 Å². The van der Waals surface area contributed by atoms with E-state index in [0.717, 1.165) is 15.9 Å². The molecule has 0 amide bonds. The Hall–Kier alpha value is -1.88. The number of para-hydroxylation sites is 1. The number of hydrogen-bond acceptors (Lipinski definition) is 4. The molecule has 0 bridgehead atoms. The third-order valence-corrected chi connectivity index (χ3v) is 3.58. The van der Waals surface area contributed by atoms with E-state index in [1.54, 1.807) is 14.2 Å². The number of benzene rings is 2. The fraction of sp³-hybridized carbons (Fsp3) is 0.250. The maximum atomic E-state index is 5.71. The summed E-state index contributed by atoms with van der Waals surface area (Å²) in [5, 5.41) is 3.31. The van der Waals surface area contributed by atoms with E-state index in [1.165, 1.54) is 0 Å². The first-order valence-electron chi connectivity index (χ1n) is 6.57. The fourth-order valence-electron chi connectivity index (χ4n) is 1.82. The molecule has 0 fully saturated rings. The average Bonchev–Trinajstić information content (AvgIpc) is 2.52. The van der Waals surface area contributed by atoms with E-state index >= 15 is 0 Å². The fourth-order valence-corrected chi connectivity index (χ4v) is 2.25. The Morgan fingerprint density at radius 2 is 1.57 bits per heavy atom. The maximum absolute atomic E-state index is 5.71. The molecule has 2 aromatic carbocycles. The van der Waals surface area contributed by atoms with Crippen LogP contribution in [0.1, 0.15) is 0 Å². The van der Waals surface area contributed by atoms with Crippen molar-refractivity contribution in [2.45, 2.75) is 0 Å². The quantitative estimate of drug-likeness (QED) is 0.766. The van der Waals surface area contributed by atoms with Gasteiger partial charge in [-0.1, -0.05) is 12.1 Å². The second-order valence-corrected chi connectivity index (χ2v) is 5.16. The largest absolute Gasteiger partial charge is 0.496 e. The van der Waals surface area contributed by atoms with Crippen LogP contribution in [0.25, 0.3) is 0 Å². The highest BCUT2D eigenvalue weighted by Gasteiger charge is 2.03. The highest BCUT2D eigenvalue weighted by molar-refractivity contribution is 9.10. The number of methoxy groups -OCH3 is 2. The van der Waals surface area contributed by atoms with Crippen LogP contribution < -0.4 is 19.5 Å². The number of halogens is 1. The van der Waals surface area contributed by atoms with Crippen molar-refractivity contribution in [1.29, 1.82) is 0 Å². The Morgan fingerprint density at radius 3 is 2.19 bits per heavy atom. The van der Waals surface area contributed by atoms with Crippen LogP contribution in [0.4, 0.5) is 5.69 Å². The Labute approximate surface area is 133 Å². The molecule has 0 aliphatic heterocycles. The molecule has 112 valence electrons. The van der Waals surface area contributed by atoms with Gasteiger partial charge in [0.15, 0.2) is 0 Å². The molecule has 0 spiro atoms. The van der Waals surface area contributed by atoms with Gasteiger partial charge in [0.05, 0.1) is 14.2 Å². The maximum Gasteiger partial charge on any atom is 0.126 e. The summed E-state index contributed by atoms with van der Waals surface area (Å²) in [7, 11) is 3.24. The minimum absolute atomic E-state index is 0.539. The summed E-state index contributed by atoms with van der Waals surface area (Å²) < 4.78 is 17.2. The van der Waals surface area contributed by atoms with Crippen molar-refractivity contribution >= 4 is 21.6 Å². The molecule has 0 unspecified atom stereocenters. The van der Waals surface area contributed by atoms with Crippen molar-refractivity contribution in [3.63, 3.8) is 0 Å². The summed E-state index contributed by atoms with van der Waals surface area (Å²) in [5.74, 6) is 2.14. The van der Waals surface area contributed by atoms with Crippen LogP contribution in [-0.4, -0.2) is 27.4 Å². The molecule has 0 radical (unpaired) electrons. The lowest BCUT2D eigenvalue weighted by molar-refractivity contribution is 0.324. The Morgan fingerprint density at radius 1 is 0.952 bits per heavy atom. The second-order valence-electron chi connectivity index (χ2n) is 4.30. The summed E-state index contributed by atoms with van der Waals surface area (Å²) in [5.41, 5.74) is 1.05. The monoisotopic (exact) mass is 351 g/mol. The lowest BCUT2D eigenvalue weighted by atomic mass is 10.3. The van der Waals surface area contributed by atoms with E-state index < -0.39 is 0 Å². The molecule has 21 heavy (non-hydrogen) atoms. The van der Waals surface area contributed by atoms with Gasteiger partial charge >= 0.3 is 0 Å². The number of anilines is 1. The van der Waals surface area contributed by atoms with E-state index in [9.17, 15) is 0 Å². The molecule has 0 saturated carbocycles. The first-order chi connectivity index (χ1) is 10.2. The minimum Gasteiger partial charge on any atom is -0.496 e. The van der Waals surface area contributed by atoms with Crippen LogP contribution in [0.3, 0.4) is 0 Å². The SMILES string of the molecule is COc1cc(OC)cc(OCCNc2ccccc2Br)c1. The molecule has 0 aliphatic rings. The zero-order valence-corrected chi connectivity index (χ0v) is 13.6. The van der Waals surface area contributed by atoms with Crippen LogP contribution in [0.15, 0.2) is 46.9 Å². The number of rotatable bonds is 7. The van der Waals surface area contributed by atoms with Crippen LogP contribution >= 0.6 is 15.9 Å². The Bertz CT molecular complexity index is 567. The Kier molecular flexibility index (Phi) is 5.75. The molecule has 0 atom stereocenters. The van der Waals surface area contributed by atoms with Crippen molar-refractivity contribution in [2.75, 3.05) is 32.7 Å². The lowest BCUT2D eigenvalue weighted by Gasteiger charge is -2.12. The molecule has 0 aliphatic carbocycles. The molecular formula is C16H18BrNO3. The highest BCUT2D eigenvalue weighted by Crippen LogP contribution is 2.27. The summed E-state index contributed by atoms with van der Waals surface area (Å²) >= 11 is 3.49. The van der Waals surface area contributed by atoms with Crippen molar-refractivity contribution in [2.24, 2.45) is 0 Å². The lowest BCUT2D eigenvalue weighted by Crippen LogP contribution is -2.11. The van der Waals surface area contributed by atoms with Crippen molar-refractivity contribution in [3.05, 3.63) is 46.9 Å². The summed E-state index contributed by atoms with van der Waals surface area (Å²) in [4.78, 5) is 0. The molecule has 0 heterocycles. The number of nitrogens with one attached hydrogen (secondary N) is 1. The topological polar surface area (TPSA) is 39.7 Å². The van der Waals surface area contributed by atoms with Gasteiger partial charge in [0.25, 0.3) is 0 Å². The van der Waals surface area contributed by atoms with Crippen molar-refractivity contribution in [1.82, 2.24) is 0 Å². The van der Waals surface area contributed by atoms with Crippen molar-refractivity contribution in [3.8, 4) is 17.2 Å². The van der Waals surface area contributed by atoms with Gasteiger partial charge in [-0.2, -0.15) is 0 Å². The highest BCUT2D eigenvalue weighted by atomic mass is 79.9. The molecule has 2 aromatic rings. The van der Waals surface area contributed by atoms with Crippen LogP contribution in [0, 0.1) is 0 Å². The zero-order valence-electron chi connectivity index (χ0n) is 12.1. The Balaban J connectivity index is 1.87. The van der Waals surface area contributed by atoms with E-state index in [2.05, 4.69) is 21.2 Å². The first kappa shape index (κ1) is 15.5. The average molecular weight is 352 g/mol. The van der Waals surface area contributed by atoms with Crippen LogP contribution in [0.2, 0.25) is 0 Å². The van der Waals surface area contributed by atoms with Crippen LogP contribution in [0.5, 0.6) is 17.2 Å². The standard InChI is InChI=1S/C16H18BrNO3/c1-19-12-9-13(20-2)11-14(10-12)21-8-7-18-16-6-4-3-5-15(16)17/h3-6,9-11,18H,7-8H2,1-2H3. The molecule has 2 rings (SSSR count). The number of hydrogen-bond donors (Lipinski definition) is 1. The number of ether oxygens (including phenoxy) is 3. The van der Waals surface area contributed by atoms with Gasteiger partial charge < -0.3 is 19.5 Å². The normalized spacial score (nSPS) is 10.0. The first-order valence-corrected chi connectivity index (χ1v) is 7.36. The molecule has 1 N–H and O–H groups in total. The molecule has 0 saturated heterocycles. The summed E-state index contributed by atoms with van der Waals surface area (Å²) in [6, 6.07) is 13.5. The van der Waals surface area contributed by atoms with Gasteiger partial charge in [-0.15, -0.1) is 0 Å². The van der Waals surface area contributed by atoms with E-state index in [4.69, 9.17) is 14.2 Å². The van der Waals surface area contributed by atoms with Crippen LogP contribution in [-0.2, 0) is 0 Å². The third kappa shape index (κ3) is 4.56. The van der Waals surface area contributed by atoms with Gasteiger partial charge in [0.1, 0.15) is 23.9 Å². The smallest absolute Gasteiger partial charge is 0.126 e. The van der Waals surface area contributed by atoms with Crippen molar-refractivity contribution < 1.29 is 14.2 Å². The second kappa shape index (κ2) is 7.78. The molecule has 5 heteroatoms. The van der Waals surface area contributed by atoms with E-state index in [1.807, 2.05) is 42.5 Å². The van der Waals surface area contributed by atoms with Gasteiger partial charge in [0.2, 0.25) is 0 Å². The zero-order chi connectivity index (χ0) is 15.1. The summed E-state index contributed by atoms with van der Waals surface area (Å²) in [6.45, 7) is 1.24. The van der Waals surface area contributed by atoms with E-state index in [0.29, 0.717) is 24.7 Å². The summed E-state index contributed by atoms with van der Waals surface area (Å²) in [6.07, 6.45) is 0. The third-order valence-electron chi connectivity index (χ3n) is 2.89. The van der Waals surface area contributed by atoms with Gasteiger partial charge in [0, 0.05) is 34.9 Å². The van der Waals surface area contributed by atoms with Gasteiger partial charge in [-0.25, -0.2) is 0 Å².